The van der Waals surface area contributed by atoms with Gasteiger partial charge in [-0.25, -0.2) is 0 Å². The third-order valence-corrected chi connectivity index (χ3v) is 3.53. The van der Waals surface area contributed by atoms with Crippen molar-refractivity contribution in [3.05, 3.63) is 22.4 Å². The van der Waals surface area contributed by atoms with E-state index in [0.29, 0.717) is 24.8 Å². The van der Waals surface area contributed by atoms with Gasteiger partial charge in [-0.05, 0) is 35.2 Å². The van der Waals surface area contributed by atoms with Crippen LogP contribution in [0, 0.1) is 0 Å². The van der Waals surface area contributed by atoms with Gasteiger partial charge in [0.2, 0.25) is 0 Å². The normalized spacial score (nSPS) is 15.9. The molecule has 1 aromatic heterocycles. The molecule has 0 amide bonds. The summed E-state index contributed by atoms with van der Waals surface area (Å²) >= 11 is 1.73. The van der Waals surface area contributed by atoms with Crippen molar-refractivity contribution in [1.29, 1.82) is 0 Å². The number of carbonyl (C=O) groups excluding carboxylic acids is 1. The van der Waals surface area contributed by atoms with Gasteiger partial charge in [0.15, 0.2) is 0 Å². The molecule has 1 fully saturated rings. The summed E-state index contributed by atoms with van der Waals surface area (Å²) in [5.41, 5.74) is 1.34. The lowest BCUT2D eigenvalue weighted by Gasteiger charge is -2.20. The number of carbonyl (C=O) groups is 1. The number of hydrogen-bond acceptors (Lipinski definition) is 3. The molecule has 1 aliphatic carbocycles. The average molecular weight is 223 g/mol. The van der Waals surface area contributed by atoms with Crippen molar-refractivity contribution < 1.29 is 4.79 Å². The van der Waals surface area contributed by atoms with Gasteiger partial charge >= 0.3 is 0 Å². The van der Waals surface area contributed by atoms with Crippen molar-refractivity contribution >= 4 is 17.1 Å². The summed E-state index contributed by atoms with van der Waals surface area (Å²) < 4.78 is 0. The molecule has 3 heteroatoms. The van der Waals surface area contributed by atoms with E-state index in [0.717, 1.165) is 6.54 Å². The van der Waals surface area contributed by atoms with Crippen LogP contribution in [0.5, 0.6) is 0 Å². The first-order valence-corrected chi connectivity index (χ1v) is 6.50. The first-order valence-electron chi connectivity index (χ1n) is 5.56. The van der Waals surface area contributed by atoms with Crippen molar-refractivity contribution in [3.8, 4) is 0 Å². The lowest BCUT2D eigenvalue weighted by molar-refractivity contribution is -0.120. The number of hydrogen-bond donors (Lipinski definition) is 0. The van der Waals surface area contributed by atoms with Crippen LogP contribution in [0.15, 0.2) is 16.8 Å². The third-order valence-electron chi connectivity index (χ3n) is 2.80. The molecule has 1 aliphatic rings. The van der Waals surface area contributed by atoms with Gasteiger partial charge < -0.3 is 0 Å². The standard InChI is InChI=1S/C12H17NOS/c1-2-12(14)8-13(11-3-4-11)7-10-5-6-15-9-10/h5-6,9,11H,2-4,7-8H2,1H3. The Morgan fingerprint density at radius 2 is 2.40 bits per heavy atom. The lowest BCUT2D eigenvalue weighted by Crippen LogP contribution is -2.31. The van der Waals surface area contributed by atoms with Gasteiger partial charge in [0, 0.05) is 19.0 Å². The summed E-state index contributed by atoms with van der Waals surface area (Å²) in [7, 11) is 0. The minimum atomic E-state index is 0.358. The van der Waals surface area contributed by atoms with Gasteiger partial charge in [0.1, 0.15) is 5.78 Å². The Morgan fingerprint density at radius 3 is 2.93 bits per heavy atom. The smallest absolute Gasteiger partial charge is 0.146 e. The van der Waals surface area contributed by atoms with E-state index in [1.54, 1.807) is 11.3 Å². The highest BCUT2D eigenvalue weighted by Gasteiger charge is 2.29. The molecule has 82 valence electrons. The lowest BCUT2D eigenvalue weighted by atomic mass is 10.2. The van der Waals surface area contributed by atoms with Crippen LogP contribution in [0.2, 0.25) is 0 Å². The highest BCUT2D eigenvalue weighted by atomic mass is 32.1. The van der Waals surface area contributed by atoms with E-state index in [4.69, 9.17) is 0 Å². The number of nitrogens with zero attached hydrogens (tertiary/aromatic N) is 1. The molecule has 2 rings (SSSR count). The van der Waals surface area contributed by atoms with Crippen LogP contribution in [0.25, 0.3) is 0 Å². The molecule has 0 saturated heterocycles. The Kier molecular flexibility index (Phi) is 3.54. The summed E-state index contributed by atoms with van der Waals surface area (Å²) in [6, 6.07) is 2.82. The maximum Gasteiger partial charge on any atom is 0.146 e. The highest BCUT2D eigenvalue weighted by Crippen LogP contribution is 2.28. The molecule has 0 N–H and O–H groups in total. The molecule has 2 nitrogen and oxygen atoms in total. The van der Waals surface area contributed by atoms with Crippen LogP contribution in [-0.4, -0.2) is 23.3 Å². The fraction of sp³-hybridized carbons (Fsp3) is 0.583. The minimum Gasteiger partial charge on any atom is -0.298 e. The zero-order valence-electron chi connectivity index (χ0n) is 9.11. The van der Waals surface area contributed by atoms with Crippen molar-refractivity contribution in [2.24, 2.45) is 0 Å². The summed E-state index contributed by atoms with van der Waals surface area (Å²) in [5.74, 6) is 0.358. The van der Waals surface area contributed by atoms with Gasteiger partial charge in [-0.3, -0.25) is 9.69 Å². The molecule has 0 radical (unpaired) electrons. The van der Waals surface area contributed by atoms with Crippen LogP contribution in [0.4, 0.5) is 0 Å². The maximum absolute atomic E-state index is 11.4. The van der Waals surface area contributed by atoms with Gasteiger partial charge in [-0.1, -0.05) is 6.92 Å². The fourth-order valence-electron chi connectivity index (χ4n) is 1.71. The van der Waals surface area contributed by atoms with E-state index < -0.39 is 0 Å². The number of ketones is 1. The van der Waals surface area contributed by atoms with Crippen molar-refractivity contribution in [2.45, 2.75) is 38.8 Å². The van der Waals surface area contributed by atoms with Crippen molar-refractivity contribution in [2.75, 3.05) is 6.54 Å². The largest absolute Gasteiger partial charge is 0.298 e. The molecule has 0 bridgehead atoms. The molecule has 0 aliphatic heterocycles. The van der Waals surface area contributed by atoms with E-state index in [9.17, 15) is 4.79 Å². The zero-order chi connectivity index (χ0) is 10.7. The molecular formula is C12H17NOS. The number of rotatable bonds is 6. The van der Waals surface area contributed by atoms with E-state index >= 15 is 0 Å². The Morgan fingerprint density at radius 1 is 1.60 bits per heavy atom. The first kappa shape index (κ1) is 10.8. The minimum absolute atomic E-state index is 0.358. The zero-order valence-corrected chi connectivity index (χ0v) is 9.93. The topological polar surface area (TPSA) is 20.3 Å². The summed E-state index contributed by atoms with van der Waals surface area (Å²) in [6.45, 7) is 3.52. The number of Topliss-reactive ketones (excluding diaryl/α,β-unsaturated/α-hetero) is 1. The Balaban J connectivity index is 1.91. The second kappa shape index (κ2) is 4.90. The molecule has 15 heavy (non-hydrogen) atoms. The second-order valence-corrected chi connectivity index (χ2v) is 4.94. The average Bonchev–Trinajstić information content (AvgIpc) is 2.97. The van der Waals surface area contributed by atoms with Crippen molar-refractivity contribution in [3.63, 3.8) is 0 Å². The van der Waals surface area contributed by atoms with Gasteiger partial charge in [-0.2, -0.15) is 11.3 Å². The molecule has 0 spiro atoms. The summed E-state index contributed by atoms with van der Waals surface area (Å²) in [6.07, 6.45) is 3.19. The van der Waals surface area contributed by atoms with Crippen LogP contribution < -0.4 is 0 Å². The Hall–Kier alpha value is -0.670. The van der Waals surface area contributed by atoms with Crippen LogP contribution in [0.3, 0.4) is 0 Å². The predicted octanol–water partition coefficient (Wildman–Crippen LogP) is 2.69. The molecule has 1 aromatic rings. The van der Waals surface area contributed by atoms with E-state index in [2.05, 4.69) is 21.7 Å². The van der Waals surface area contributed by atoms with E-state index in [-0.39, 0.29) is 0 Å². The molecule has 0 atom stereocenters. The molecule has 0 unspecified atom stereocenters. The molecule has 1 saturated carbocycles. The SMILES string of the molecule is CCC(=O)CN(Cc1ccsc1)C1CC1. The Bertz CT molecular complexity index is 316. The second-order valence-electron chi connectivity index (χ2n) is 4.16. The van der Waals surface area contributed by atoms with E-state index in [1.165, 1.54) is 18.4 Å². The van der Waals surface area contributed by atoms with Crippen LogP contribution in [-0.2, 0) is 11.3 Å². The van der Waals surface area contributed by atoms with Crippen molar-refractivity contribution in [1.82, 2.24) is 4.90 Å². The van der Waals surface area contributed by atoms with Gasteiger partial charge in [0.05, 0.1) is 6.54 Å². The van der Waals surface area contributed by atoms with Crippen LogP contribution >= 0.6 is 11.3 Å². The van der Waals surface area contributed by atoms with Gasteiger partial charge in [0.25, 0.3) is 0 Å². The quantitative estimate of drug-likeness (QED) is 0.739. The maximum atomic E-state index is 11.4. The first-order chi connectivity index (χ1) is 7.29. The predicted molar refractivity (Wildman–Crippen MR) is 63.0 cm³/mol. The number of thiophene rings is 1. The van der Waals surface area contributed by atoms with E-state index in [1.807, 2.05) is 6.92 Å². The molecule has 0 aromatic carbocycles. The fourth-order valence-corrected chi connectivity index (χ4v) is 2.37. The monoisotopic (exact) mass is 223 g/mol. The van der Waals surface area contributed by atoms with Gasteiger partial charge in [-0.15, -0.1) is 0 Å². The highest BCUT2D eigenvalue weighted by molar-refractivity contribution is 7.07. The summed E-state index contributed by atoms with van der Waals surface area (Å²) in [5, 5.41) is 4.27. The summed E-state index contributed by atoms with van der Waals surface area (Å²) in [4.78, 5) is 13.8. The Labute approximate surface area is 94.9 Å². The third kappa shape index (κ3) is 3.14. The van der Waals surface area contributed by atoms with Crippen LogP contribution in [0.1, 0.15) is 31.7 Å². The molecule has 1 heterocycles. The molecular weight excluding hydrogens is 206 g/mol.